The van der Waals surface area contributed by atoms with Crippen molar-refractivity contribution < 1.29 is 23.8 Å². The molecule has 1 unspecified atom stereocenters. The van der Waals surface area contributed by atoms with Crippen molar-refractivity contribution in [3.8, 4) is 0 Å². The fourth-order valence-corrected chi connectivity index (χ4v) is 3.11. The van der Waals surface area contributed by atoms with Gasteiger partial charge in [-0.15, -0.1) is 0 Å². The highest BCUT2D eigenvalue weighted by atomic mass is 16.5. The van der Waals surface area contributed by atoms with Gasteiger partial charge < -0.3 is 14.3 Å². The smallest absolute Gasteiger partial charge is 0.330 e. The van der Waals surface area contributed by atoms with E-state index in [1.807, 2.05) is 19.9 Å². The van der Waals surface area contributed by atoms with Crippen LogP contribution in [0.3, 0.4) is 0 Å². The number of ether oxygens (including phenoxy) is 1. The Morgan fingerprint density at radius 2 is 1.81 bits per heavy atom. The lowest BCUT2D eigenvalue weighted by atomic mass is 9.98. The molecule has 0 aliphatic rings. The number of esters is 1. The van der Waals surface area contributed by atoms with Gasteiger partial charge >= 0.3 is 11.9 Å². The molecule has 32 heavy (non-hydrogen) atoms. The molecule has 0 aliphatic carbocycles. The van der Waals surface area contributed by atoms with Gasteiger partial charge in [0.1, 0.15) is 5.76 Å². The predicted molar refractivity (Wildman–Crippen MR) is 131 cm³/mol. The van der Waals surface area contributed by atoms with Crippen molar-refractivity contribution in [2.45, 2.75) is 99.3 Å². The van der Waals surface area contributed by atoms with Gasteiger partial charge in [-0.05, 0) is 64.5 Å². The molecule has 0 spiro atoms. The van der Waals surface area contributed by atoms with Crippen LogP contribution >= 0.6 is 0 Å². The standard InChI is InChI=1S/C15H20O3.C12H24O2/c1-11(5-4-6-13(3)15(16)17)7-8-14-12(2)9-10-18-14;1-4-6-8-11(3)9-7-10-12(13)14-5-2/h6-7,9-10H,4-5,8H2,1-3H3,(H,16,17);11H,4-10H2,1-3H3/b11-7+,13-6?;. The second kappa shape index (κ2) is 18.3. The lowest BCUT2D eigenvalue weighted by molar-refractivity contribution is -0.143. The molecular formula is C27H44O5. The second-order valence-electron chi connectivity index (χ2n) is 8.46. The molecule has 1 aromatic heterocycles. The van der Waals surface area contributed by atoms with E-state index >= 15 is 0 Å². The molecule has 0 aliphatic heterocycles. The summed E-state index contributed by atoms with van der Waals surface area (Å²) in [7, 11) is 0. The van der Waals surface area contributed by atoms with E-state index in [9.17, 15) is 9.59 Å². The topological polar surface area (TPSA) is 76.7 Å². The molecule has 0 bridgehead atoms. The fourth-order valence-electron chi connectivity index (χ4n) is 3.11. The zero-order valence-electron chi connectivity index (χ0n) is 21.0. The van der Waals surface area contributed by atoms with Crippen LogP contribution in [0.1, 0.15) is 97.3 Å². The molecule has 0 saturated carbocycles. The maximum atomic E-state index is 11.0. The Bertz CT molecular complexity index is 711. The van der Waals surface area contributed by atoms with Crippen LogP contribution in [0.25, 0.3) is 0 Å². The largest absolute Gasteiger partial charge is 0.478 e. The molecule has 0 fully saturated rings. The Hall–Kier alpha value is -2.30. The van der Waals surface area contributed by atoms with E-state index < -0.39 is 5.97 Å². The Labute approximate surface area is 194 Å². The van der Waals surface area contributed by atoms with Crippen LogP contribution < -0.4 is 0 Å². The van der Waals surface area contributed by atoms with Crippen LogP contribution in [0, 0.1) is 12.8 Å². The summed E-state index contributed by atoms with van der Waals surface area (Å²) in [6.07, 6.45) is 14.6. The summed E-state index contributed by atoms with van der Waals surface area (Å²) in [6, 6.07) is 1.96. The van der Waals surface area contributed by atoms with Gasteiger partial charge in [-0.1, -0.05) is 57.3 Å². The number of hydrogen-bond donors (Lipinski definition) is 1. The molecule has 1 aromatic rings. The van der Waals surface area contributed by atoms with E-state index in [1.165, 1.54) is 30.4 Å². The maximum absolute atomic E-state index is 11.0. The molecule has 5 nitrogen and oxygen atoms in total. The van der Waals surface area contributed by atoms with E-state index in [2.05, 4.69) is 26.8 Å². The summed E-state index contributed by atoms with van der Waals surface area (Å²) < 4.78 is 10.2. The highest BCUT2D eigenvalue weighted by molar-refractivity contribution is 5.85. The number of aliphatic carboxylic acids is 1. The monoisotopic (exact) mass is 448 g/mol. The first-order valence-electron chi connectivity index (χ1n) is 11.9. The third-order valence-corrected chi connectivity index (χ3v) is 5.36. The minimum Gasteiger partial charge on any atom is -0.478 e. The summed E-state index contributed by atoms with van der Waals surface area (Å²) in [5.41, 5.74) is 2.82. The maximum Gasteiger partial charge on any atom is 0.330 e. The molecule has 0 saturated heterocycles. The van der Waals surface area contributed by atoms with E-state index in [4.69, 9.17) is 14.3 Å². The number of carboxylic acid groups (broad SMARTS) is 1. The van der Waals surface area contributed by atoms with Gasteiger partial charge in [0.25, 0.3) is 0 Å². The first-order chi connectivity index (χ1) is 15.2. The quantitative estimate of drug-likeness (QED) is 0.182. The molecule has 0 radical (unpaired) electrons. The van der Waals surface area contributed by atoms with Crippen molar-refractivity contribution in [1.29, 1.82) is 0 Å². The number of carboxylic acids is 1. The number of allylic oxidation sites excluding steroid dienone is 3. The summed E-state index contributed by atoms with van der Waals surface area (Å²) in [5.74, 6) is 0.856. The van der Waals surface area contributed by atoms with Crippen LogP contribution in [-0.2, 0) is 20.7 Å². The number of hydrogen-bond acceptors (Lipinski definition) is 4. The summed E-state index contributed by atoms with van der Waals surface area (Å²) in [5, 5.41) is 8.71. The van der Waals surface area contributed by atoms with Crippen molar-refractivity contribution in [3.63, 3.8) is 0 Å². The van der Waals surface area contributed by atoms with Crippen molar-refractivity contribution in [3.05, 3.63) is 47.0 Å². The molecule has 182 valence electrons. The Kier molecular flexibility index (Phi) is 17.0. The number of furan rings is 1. The zero-order valence-corrected chi connectivity index (χ0v) is 21.0. The Morgan fingerprint density at radius 1 is 1.12 bits per heavy atom. The van der Waals surface area contributed by atoms with Gasteiger partial charge in [0, 0.05) is 18.4 Å². The number of unbranched alkanes of at least 4 members (excludes halogenated alkanes) is 1. The van der Waals surface area contributed by atoms with E-state index in [0.717, 1.165) is 43.8 Å². The van der Waals surface area contributed by atoms with Crippen molar-refractivity contribution in [2.75, 3.05) is 6.61 Å². The summed E-state index contributed by atoms with van der Waals surface area (Å²) in [6.45, 7) is 12.5. The summed E-state index contributed by atoms with van der Waals surface area (Å²) >= 11 is 0. The normalized spacial score (nSPS) is 12.7. The Morgan fingerprint density at radius 3 is 2.38 bits per heavy atom. The van der Waals surface area contributed by atoms with E-state index in [0.29, 0.717) is 18.6 Å². The van der Waals surface area contributed by atoms with Gasteiger partial charge in [-0.2, -0.15) is 0 Å². The minimum atomic E-state index is -0.845. The van der Waals surface area contributed by atoms with Gasteiger partial charge in [0.05, 0.1) is 12.9 Å². The SMILES string of the molecule is CC(=CCC/C(C)=C/Cc1occc1C)C(=O)O.CCCCC(C)CCCC(=O)OCC. The average molecular weight is 449 g/mol. The van der Waals surface area contributed by atoms with Crippen LogP contribution in [0.4, 0.5) is 0 Å². The van der Waals surface area contributed by atoms with Crippen LogP contribution in [0.2, 0.25) is 0 Å². The summed E-state index contributed by atoms with van der Waals surface area (Å²) in [4.78, 5) is 21.6. The molecule has 1 heterocycles. The van der Waals surface area contributed by atoms with Gasteiger partial charge in [0.2, 0.25) is 0 Å². The molecule has 0 aromatic carbocycles. The molecule has 5 heteroatoms. The number of carbonyl (C=O) groups is 2. The number of carbonyl (C=O) groups excluding carboxylic acids is 1. The first kappa shape index (κ1) is 29.7. The number of rotatable bonds is 14. The van der Waals surface area contributed by atoms with Crippen LogP contribution in [-0.4, -0.2) is 23.7 Å². The molecule has 0 amide bonds. The first-order valence-corrected chi connectivity index (χ1v) is 11.9. The molecule has 1 atom stereocenters. The zero-order chi connectivity index (χ0) is 24.4. The molecular weight excluding hydrogens is 404 g/mol. The van der Waals surface area contributed by atoms with Crippen LogP contribution in [0.5, 0.6) is 0 Å². The third kappa shape index (κ3) is 15.5. The van der Waals surface area contributed by atoms with Gasteiger partial charge in [0.15, 0.2) is 0 Å². The van der Waals surface area contributed by atoms with E-state index in [1.54, 1.807) is 19.3 Å². The highest BCUT2D eigenvalue weighted by Crippen LogP contribution is 2.15. The second-order valence-corrected chi connectivity index (χ2v) is 8.46. The fraction of sp³-hybridized carbons (Fsp3) is 0.630. The van der Waals surface area contributed by atoms with Crippen LogP contribution in [0.15, 0.2) is 40.0 Å². The minimum absolute atomic E-state index is 0.0461. The third-order valence-electron chi connectivity index (χ3n) is 5.36. The van der Waals surface area contributed by atoms with Crippen molar-refractivity contribution in [2.24, 2.45) is 5.92 Å². The average Bonchev–Trinajstić information content (AvgIpc) is 3.16. The van der Waals surface area contributed by atoms with E-state index in [-0.39, 0.29) is 5.97 Å². The predicted octanol–water partition coefficient (Wildman–Crippen LogP) is 7.43. The molecule has 1 N–H and O–H groups in total. The van der Waals surface area contributed by atoms with Crippen molar-refractivity contribution >= 4 is 11.9 Å². The highest BCUT2D eigenvalue weighted by Gasteiger charge is 2.05. The van der Waals surface area contributed by atoms with Gasteiger partial charge in [-0.25, -0.2) is 4.79 Å². The lowest BCUT2D eigenvalue weighted by Gasteiger charge is -2.09. The lowest BCUT2D eigenvalue weighted by Crippen LogP contribution is -2.04. The number of aryl methyl sites for hydroxylation is 1. The Balaban J connectivity index is 0.000000622. The van der Waals surface area contributed by atoms with Crippen molar-refractivity contribution in [1.82, 2.24) is 0 Å². The molecule has 1 rings (SSSR count). The van der Waals surface area contributed by atoms with Gasteiger partial charge in [-0.3, -0.25) is 4.79 Å².